The maximum absolute atomic E-state index is 5.29. The highest BCUT2D eigenvalue weighted by molar-refractivity contribution is 7.19. The first kappa shape index (κ1) is 20.6. The van der Waals surface area contributed by atoms with Gasteiger partial charge in [-0.05, 0) is 42.5 Å². The van der Waals surface area contributed by atoms with Crippen LogP contribution in [-0.2, 0) is 0 Å². The molecule has 1 N–H and O–H groups in total. The fourth-order valence-corrected chi connectivity index (χ4v) is 3.97. The summed E-state index contributed by atoms with van der Waals surface area (Å²) in [6.45, 7) is 0. The highest BCUT2D eigenvalue weighted by Gasteiger charge is 2.18. The summed E-state index contributed by atoms with van der Waals surface area (Å²) in [5.41, 5.74) is 3.53. The predicted molar refractivity (Wildman–Crippen MR) is 126 cm³/mol. The summed E-state index contributed by atoms with van der Waals surface area (Å²) in [6, 6.07) is 17.4. The van der Waals surface area contributed by atoms with Crippen LogP contribution in [-0.4, -0.2) is 43.3 Å². The van der Waals surface area contributed by atoms with Crippen molar-refractivity contribution < 1.29 is 9.47 Å². The third-order valence-corrected chi connectivity index (χ3v) is 5.82. The van der Waals surface area contributed by atoms with E-state index >= 15 is 0 Å². The van der Waals surface area contributed by atoms with E-state index in [-0.39, 0.29) is 0 Å². The van der Waals surface area contributed by atoms with Crippen LogP contribution in [0.2, 0.25) is 0 Å². The number of methoxy groups -OCH3 is 2. The quantitative estimate of drug-likeness (QED) is 0.435. The number of benzene rings is 2. The van der Waals surface area contributed by atoms with Gasteiger partial charge in [0.15, 0.2) is 5.13 Å². The Morgan fingerprint density at radius 2 is 1.68 bits per heavy atom. The minimum Gasteiger partial charge on any atom is -0.497 e. The smallest absolute Gasteiger partial charge is 0.227 e. The van der Waals surface area contributed by atoms with Crippen LogP contribution in [0.1, 0.15) is 0 Å². The standard InChI is InChI=1S/C23H23N5O2S/c1-28(2)23-27-20(15-8-10-17(29-3)11-9-15)21(31-23)19-12-13-24-22(26-19)25-16-6-5-7-18(14-16)30-4/h5-14H,1-4H3,(H,24,25,26). The minimum absolute atomic E-state index is 0.506. The van der Waals surface area contributed by atoms with Gasteiger partial charge in [-0.15, -0.1) is 0 Å². The molecule has 0 aliphatic rings. The molecule has 8 heteroatoms. The average molecular weight is 434 g/mol. The van der Waals surface area contributed by atoms with E-state index in [1.807, 2.05) is 73.6 Å². The van der Waals surface area contributed by atoms with Crippen LogP contribution < -0.4 is 19.7 Å². The number of rotatable bonds is 7. The molecule has 0 spiro atoms. The molecule has 0 amide bonds. The molecule has 0 unspecified atom stereocenters. The number of thiazole rings is 1. The van der Waals surface area contributed by atoms with Gasteiger partial charge in [0.05, 0.1) is 30.5 Å². The van der Waals surface area contributed by atoms with E-state index in [0.29, 0.717) is 5.95 Å². The second-order valence-electron chi connectivity index (χ2n) is 6.92. The predicted octanol–water partition coefficient (Wildman–Crippen LogP) is 5.09. The first-order valence-corrected chi connectivity index (χ1v) is 10.5. The highest BCUT2D eigenvalue weighted by atomic mass is 32.1. The summed E-state index contributed by atoms with van der Waals surface area (Å²) in [5.74, 6) is 2.08. The molecule has 2 aromatic carbocycles. The van der Waals surface area contributed by atoms with E-state index in [1.165, 1.54) is 0 Å². The van der Waals surface area contributed by atoms with Gasteiger partial charge in [0.25, 0.3) is 0 Å². The largest absolute Gasteiger partial charge is 0.497 e. The molecule has 0 bridgehead atoms. The van der Waals surface area contributed by atoms with Crippen LogP contribution in [0.5, 0.6) is 11.5 Å². The highest BCUT2D eigenvalue weighted by Crippen LogP contribution is 2.39. The Labute approximate surface area is 185 Å². The lowest BCUT2D eigenvalue weighted by molar-refractivity contribution is 0.415. The summed E-state index contributed by atoms with van der Waals surface area (Å²) in [5, 5.41) is 4.15. The van der Waals surface area contributed by atoms with Gasteiger partial charge in [-0.25, -0.2) is 15.0 Å². The number of anilines is 3. The van der Waals surface area contributed by atoms with Crippen molar-refractivity contribution in [1.82, 2.24) is 15.0 Å². The molecule has 0 atom stereocenters. The van der Waals surface area contributed by atoms with Gasteiger partial charge in [-0.3, -0.25) is 0 Å². The molecule has 4 aromatic rings. The number of aromatic nitrogens is 3. The zero-order valence-corrected chi connectivity index (χ0v) is 18.6. The van der Waals surface area contributed by atoms with Gasteiger partial charge in [-0.1, -0.05) is 17.4 Å². The molecule has 0 saturated carbocycles. The number of ether oxygens (including phenoxy) is 2. The molecular weight excluding hydrogens is 410 g/mol. The second-order valence-corrected chi connectivity index (χ2v) is 7.90. The molecule has 31 heavy (non-hydrogen) atoms. The fraction of sp³-hybridized carbons (Fsp3) is 0.174. The van der Waals surface area contributed by atoms with Crippen molar-refractivity contribution in [1.29, 1.82) is 0 Å². The fourth-order valence-electron chi connectivity index (χ4n) is 2.99. The van der Waals surface area contributed by atoms with Gasteiger partial charge < -0.3 is 19.7 Å². The van der Waals surface area contributed by atoms with Gasteiger partial charge in [0.1, 0.15) is 11.5 Å². The molecule has 0 saturated heterocycles. The lowest BCUT2D eigenvalue weighted by Crippen LogP contribution is -2.07. The molecule has 2 aromatic heterocycles. The van der Waals surface area contributed by atoms with E-state index in [4.69, 9.17) is 19.4 Å². The first-order chi connectivity index (χ1) is 15.1. The van der Waals surface area contributed by atoms with Gasteiger partial charge in [-0.2, -0.15) is 0 Å². The third kappa shape index (κ3) is 4.59. The molecule has 7 nitrogen and oxygen atoms in total. The zero-order valence-electron chi connectivity index (χ0n) is 17.8. The Balaban J connectivity index is 1.72. The second kappa shape index (κ2) is 9.01. The lowest BCUT2D eigenvalue weighted by Gasteiger charge is -2.08. The van der Waals surface area contributed by atoms with Crippen molar-refractivity contribution in [2.24, 2.45) is 0 Å². The Bertz CT molecular complexity index is 1170. The van der Waals surface area contributed by atoms with E-state index in [9.17, 15) is 0 Å². The number of nitrogens with zero attached hydrogens (tertiary/aromatic N) is 4. The summed E-state index contributed by atoms with van der Waals surface area (Å²) in [4.78, 5) is 17.0. The molecule has 2 heterocycles. The summed E-state index contributed by atoms with van der Waals surface area (Å²) in [7, 11) is 7.26. The topological polar surface area (TPSA) is 72.4 Å². The van der Waals surface area contributed by atoms with Crippen LogP contribution in [0.4, 0.5) is 16.8 Å². The first-order valence-electron chi connectivity index (χ1n) is 9.64. The van der Waals surface area contributed by atoms with Gasteiger partial charge in [0, 0.05) is 37.6 Å². The Kier molecular flexibility index (Phi) is 5.99. The molecular formula is C23H23N5O2S. The number of nitrogens with one attached hydrogen (secondary N) is 1. The monoisotopic (exact) mass is 433 g/mol. The summed E-state index contributed by atoms with van der Waals surface area (Å²) >= 11 is 1.59. The van der Waals surface area contributed by atoms with Crippen LogP contribution in [0.15, 0.2) is 60.8 Å². The van der Waals surface area contributed by atoms with E-state index in [2.05, 4.69) is 10.3 Å². The SMILES string of the molecule is COc1ccc(-c2nc(N(C)C)sc2-c2ccnc(Nc3cccc(OC)c3)n2)cc1. The lowest BCUT2D eigenvalue weighted by atomic mass is 10.1. The normalized spacial score (nSPS) is 10.6. The maximum atomic E-state index is 5.29. The van der Waals surface area contributed by atoms with E-state index in [1.54, 1.807) is 31.8 Å². The summed E-state index contributed by atoms with van der Waals surface area (Å²) < 4.78 is 10.6. The number of hydrogen-bond acceptors (Lipinski definition) is 8. The van der Waals surface area contributed by atoms with Gasteiger partial charge in [0.2, 0.25) is 5.95 Å². The minimum atomic E-state index is 0.506. The molecule has 0 aliphatic heterocycles. The molecule has 158 valence electrons. The van der Waals surface area contributed by atoms with Crippen molar-refractivity contribution >= 4 is 28.1 Å². The van der Waals surface area contributed by atoms with Crippen molar-refractivity contribution in [3.63, 3.8) is 0 Å². The maximum Gasteiger partial charge on any atom is 0.227 e. The van der Waals surface area contributed by atoms with Crippen molar-refractivity contribution in [2.45, 2.75) is 0 Å². The Hall–Kier alpha value is -3.65. The van der Waals surface area contributed by atoms with Crippen LogP contribution in [0.25, 0.3) is 21.8 Å². The van der Waals surface area contributed by atoms with Crippen molar-refractivity contribution in [3.05, 3.63) is 60.8 Å². The van der Waals surface area contributed by atoms with Crippen molar-refractivity contribution in [2.75, 3.05) is 38.5 Å². The average Bonchev–Trinajstić information content (AvgIpc) is 3.25. The van der Waals surface area contributed by atoms with Crippen LogP contribution >= 0.6 is 11.3 Å². The van der Waals surface area contributed by atoms with Gasteiger partial charge >= 0.3 is 0 Å². The van der Waals surface area contributed by atoms with Crippen LogP contribution in [0.3, 0.4) is 0 Å². The Morgan fingerprint density at radius 1 is 0.903 bits per heavy atom. The molecule has 0 radical (unpaired) electrons. The third-order valence-electron chi connectivity index (χ3n) is 4.58. The zero-order chi connectivity index (χ0) is 21.8. The van der Waals surface area contributed by atoms with Crippen molar-refractivity contribution in [3.8, 4) is 33.3 Å². The molecule has 0 aliphatic carbocycles. The number of hydrogen-bond donors (Lipinski definition) is 1. The molecule has 4 rings (SSSR count). The van der Waals surface area contributed by atoms with E-state index < -0.39 is 0 Å². The van der Waals surface area contributed by atoms with E-state index in [0.717, 1.165) is 44.1 Å². The Morgan fingerprint density at radius 3 is 2.39 bits per heavy atom. The summed E-state index contributed by atoms with van der Waals surface area (Å²) in [6.07, 6.45) is 1.75. The molecule has 0 fully saturated rings. The van der Waals surface area contributed by atoms with Crippen LogP contribution in [0, 0.1) is 0 Å².